The monoisotopic (exact) mass is 190 g/mol. The molecule has 0 fully saturated rings. The molecule has 0 aliphatic carbocycles. The van der Waals surface area contributed by atoms with Gasteiger partial charge in [0.1, 0.15) is 5.69 Å². The molecule has 2 rings (SSSR count). The number of hydrogen-bond donors (Lipinski definition) is 1. The van der Waals surface area contributed by atoms with E-state index in [1.165, 1.54) is 5.56 Å². The summed E-state index contributed by atoms with van der Waals surface area (Å²) < 4.78 is 1.81. The Bertz CT molecular complexity index is 511. The van der Waals surface area contributed by atoms with Crippen LogP contribution >= 0.6 is 0 Å². The van der Waals surface area contributed by atoms with Crippen molar-refractivity contribution in [2.75, 3.05) is 5.73 Å². The average Bonchev–Trinajstić information content (AvgIpc) is 2.42. The fourth-order valence-electron chi connectivity index (χ4n) is 1.53. The molecule has 0 amide bonds. The summed E-state index contributed by atoms with van der Waals surface area (Å²) >= 11 is 0. The fourth-order valence-corrected chi connectivity index (χ4v) is 1.53. The molecule has 0 saturated heterocycles. The summed E-state index contributed by atoms with van der Waals surface area (Å²) in [6, 6.07) is 0. The molecule has 0 radical (unpaired) electrons. The van der Waals surface area contributed by atoms with Crippen LogP contribution in [0.25, 0.3) is 5.65 Å². The molecule has 0 saturated carbocycles. The van der Waals surface area contributed by atoms with E-state index in [1.807, 2.05) is 32.2 Å². The van der Waals surface area contributed by atoms with E-state index >= 15 is 0 Å². The lowest BCUT2D eigenvalue weighted by molar-refractivity contribution is 0.856. The Morgan fingerprint density at radius 2 is 1.71 bits per heavy atom. The third-order valence-electron chi connectivity index (χ3n) is 2.76. The zero-order valence-corrected chi connectivity index (χ0v) is 8.92. The van der Waals surface area contributed by atoms with Crippen molar-refractivity contribution < 1.29 is 0 Å². The Kier molecular flexibility index (Phi) is 1.74. The molecule has 2 aromatic rings. The van der Waals surface area contributed by atoms with Gasteiger partial charge in [0.15, 0.2) is 5.65 Å². The Balaban J connectivity index is 2.98. The molecule has 4 nitrogen and oxygen atoms in total. The summed E-state index contributed by atoms with van der Waals surface area (Å²) in [5.41, 5.74) is 11.4. The molecule has 0 aromatic carbocycles. The summed E-state index contributed by atoms with van der Waals surface area (Å²) in [7, 11) is 0. The van der Waals surface area contributed by atoms with Gasteiger partial charge >= 0.3 is 0 Å². The fraction of sp³-hybridized carbons (Fsp3) is 0.400. The topological polar surface area (TPSA) is 56.2 Å². The number of fused-ring (bicyclic) bond motifs is 1. The molecule has 0 spiro atoms. The Morgan fingerprint density at radius 1 is 1.07 bits per heavy atom. The number of aryl methyl sites for hydroxylation is 3. The highest BCUT2D eigenvalue weighted by molar-refractivity contribution is 5.68. The molecule has 2 heterocycles. The third kappa shape index (κ3) is 0.999. The standard InChI is InChI=1S/C10H14N4/c1-5-6(2)12-10-9(11)7(3)13-14(10)8(5)4/h11H2,1-4H3. The number of hydrogen-bond acceptors (Lipinski definition) is 3. The van der Waals surface area contributed by atoms with Crippen LogP contribution < -0.4 is 5.73 Å². The molecular formula is C10H14N4. The van der Waals surface area contributed by atoms with Crippen LogP contribution in [0.15, 0.2) is 0 Å². The number of anilines is 1. The smallest absolute Gasteiger partial charge is 0.179 e. The molecule has 0 unspecified atom stereocenters. The van der Waals surface area contributed by atoms with Crippen LogP contribution in [0.4, 0.5) is 5.69 Å². The van der Waals surface area contributed by atoms with Gasteiger partial charge in [0.2, 0.25) is 0 Å². The van der Waals surface area contributed by atoms with Crippen molar-refractivity contribution in [2.45, 2.75) is 27.7 Å². The third-order valence-corrected chi connectivity index (χ3v) is 2.76. The highest BCUT2D eigenvalue weighted by Gasteiger charge is 2.11. The zero-order valence-electron chi connectivity index (χ0n) is 8.92. The quantitative estimate of drug-likeness (QED) is 0.685. The normalized spacial score (nSPS) is 11.1. The second-order valence-electron chi connectivity index (χ2n) is 3.64. The molecule has 0 bridgehead atoms. The second kappa shape index (κ2) is 2.70. The molecule has 2 N–H and O–H groups in total. The lowest BCUT2D eigenvalue weighted by atomic mass is 10.2. The lowest BCUT2D eigenvalue weighted by Crippen LogP contribution is -2.02. The minimum absolute atomic E-state index is 0.677. The zero-order chi connectivity index (χ0) is 10.5. The summed E-state index contributed by atoms with van der Waals surface area (Å²) in [5.74, 6) is 0. The van der Waals surface area contributed by atoms with Gasteiger partial charge in [-0.2, -0.15) is 5.10 Å². The van der Waals surface area contributed by atoms with E-state index < -0.39 is 0 Å². The van der Waals surface area contributed by atoms with Crippen molar-refractivity contribution in [1.29, 1.82) is 0 Å². The van der Waals surface area contributed by atoms with E-state index in [0.717, 1.165) is 22.7 Å². The highest BCUT2D eigenvalue weighted by Crippen LogP contribution is 2.20. The number of nitrogen functional groups attached to an aromatic ring is 1. The summed E-state index contributed by atoms with van der Waals surface area (Å²) in [6.45, 7) is 7.96. The van der Waals surface area contributed by atoms with Gasteiger partial charge in [-0.1, -0.05) is 0 Å². The Labute approximate surface area is 82.8 Å². The predicted molar refractivity (Wildman–Crippen MR) is 56.3 cm³/mol. The van der Waals surface area contributed by atoms with Crippen LogP contribution in [-0.4, -0.2) is 14.6 Å². The predicted octanol–water partition coefficient (Wildman–Crippen LogP) is 1.55. The minimum Gasteiger partial charge on any atom is -0.394 e. The Hall–Kier alpha value is -1.58. The number of aromatic nitrogens is 3. The maximum atomic E-state index is 5.88. The number of rotatable bonds is 0. The van der Waals surface area contributed by atoms with E-state index in [2.05, 4.69) is 10.1 Å². The van der Waals surface area contributed by atoms with Crippen LogP contribution in [0.3, 0.4) is 0 Å². The first-order chi connectivity index (χ1) is 6.52. The highest BCUT2D eigenvalue weighted by atomic mass is 15.3. The number of nitrogens with zero attached hydrogens (tertiary/aromatic N) is 3. The summed E-state index contributed by atoms with van der Waals surface area (Å²) in [5, 5.41) is 4.34. The van der Waals surface area contributed by atoms with Crippen molar-refractivity contribution in [3.8, 4) is 0 Å². The van der Waals surface area contributed by atoms with Gasteiger partial charge in [-0.05, 0) is 33.3 Å². The molecule has 0 atom stereocenters. The van der Waals surface area contributed by atoms with Gasteiger partial charge in [-0.25, -0.2) is 9.50 Å². The molecule has 0 aliphatic rings. The van der Waals surface area contributed by atoms with Gasteiger partial charge in [0.05, 0.1) is 5.69 Å². The molecule has 14 heavy (non-hydrogen) atoms. The summed E-state index contributed by atoms with van der Waals surface area (Å²) in [6.07, 6.45) is 0. The van der Waals surface area contributed by atoms with Crippen LogP contribution in [0.5, 0.6) is 0 Å². The van der Waals surface area contributed by atoms with Gasteiger partial charge in [-0.15, -0.1) is 0 Å². The second-order valence-corrected chi connectivity index (χ2v) is 3.64. The minimum atomic E-state index is 0.677. The van der Waals surface area contributed by atoms with Crippen LogP contribution in [0.1, 0.15) is 22.6 Å². The molecule has 0 aliphatic heterocycles. The van der Waals surface area contributed by atoms with Crippen LogP contribution in [-0.2, 0) is 0 Å². The van der Waals surface area contributed by atoms with Gasteiger partial charge in [0.25, 0.3) is 0 Å². The van der Waals surface area contributed by atoms with Crippen molar-refractivity contribution in [3.05, 3.63) is 22.6 Å². The summed E-state index contributed by atoms with van der Waals surface area (Å²) in [4.78, 5) is 4.43. The van der Waals surface area contributed by atoms with Crippen molar-refractivity contribution in [1.82, 2.24) is 14.6 Å². The van der Waals surface area contributed by atoms with Crippen molar-refractivity contribution in [2.24, 2.45) is 0 Å². The van der Waals surface area contributed by atoms with Crippen LogP contribution in [0, 0.1) is 27.7 Å². The molecule has 4 heteroatoms. The Morgan fingerprint density at radius 3 is 2.36 bits per heavy atom. The maximum Gasteiger partial charge on any atom is 0.179 e. The largest absolute Gasteiger partial charge is 0.394 e. The maximum absolute atomic E-state index is 5.88. The average molecular weight is 190 g/mol. The molecular weight excluding hydrogens is 176 g/mol. The van der Waals surface area contributed by atoms with Crippen LogP contribution in [0.2, 0.25) is 0 Å². The van der Waals surface area contributed by atoms with Gasteiger partial charge in [-0.3, -0.25) is 0 Å². The van der Waals surface area contributed by atoms with E-state index in [0.29, 0.717) is 5.69 Å². The molecule has 2 aromatic heterocycles. The van der Waals surface area contributed by atoms with Gasteiger partial charge < -0.3 is 5.73 Å². The van der Waals surface area contributed by atoms with E-state index in [4.69, 9.17) is 5.73 Å². The first kappa shape index (κ1) is 8.99. The van der Waals surface area contributed by atoms with Gasteiger partial charge in [0, 0.05) is 11.4 Å². The van der Waals surface area contributed by atoms with Crippen molar-refractivity contribution in [3.63, 3.8) is 0 Å². The van der Waals surface area contributed by atoms with E-state index in [9.17, 15) is 0 Å². The first-order valence-electron chi connectivity index (χ1n) is 4.61. The SMILES string of the molecule is Cc1nc2c(N)c(C)nn2c(C)c1C. The van der Waals surface area contributed by atoms with E-state index in [-0.39, 0.29) is 0 Å². The lowest BCUT2D eigenvalue weighted by Gasteiger charge is -2.05. The van der Waals surface area contributed by atoms with E-state index in [1.54, 1.807) is 0 Å². The van der Waals surface area contributed by atoms with Crippen molar-refractivity contribution >= 4 is 11.3 Å². The molecule has 74 valence electrons. The first-order valence-corrected chi connectivity index (χ1v) is 4.61. The number of nitrogens with two attached hydrogens (primary N) is 1.